The number of thioether (sulfide) groups is 1. The van der Waals surface area contributed by atoms with Crippen molar-refractivity contribution in [2.75, 3.05) is 6.26 Å². The van der Waals surface area contributed by atoms with E-state index in [0.29, 0.717) is 6.54 Å². The molecule has 0 atom stereocenters. The summed E-state index contributed by atoms with van der Waals surface area (Å²) >= 11 is 1.56. The second-order valence-corrected chi connectivity index (χ2v) is 9.15. The normalized spacial score (nSPS) is 17.0. The molecule has 3 nitrogen and oxygen atoms in total. The molecular weight excluding hydrogens is 376 g/mol. The van der Waals surface area contributed by atoms with E-state index in [9.17, 15) is 4.79 Å². The van der Waals surface area contributed by atoms with Gasteiger partial charge < -0.3 is 0 Å². The van der Waals surface area contributed by atoms with Crippen molar-refractivity contribution in [1.82, 2.24) is 9.55 Å². The number of nitrogens with zero attached hydrogens (tertiary/aromatic N) is 2. The second kappa shape index (κ2) is 7.49. The van der Waals surface area contributed by atoms with E-state index in [-0.39, 0.29) is 11.0 Å². The van der Waals surface area contributed by atoms with Gasteiger partial charge >= 0.3 is 0 Å². The van der Waals surface area contributed by atoms with Crippen LogP contribution < -0.4 is 5.56 Å². The standard InChI is InChI=1S/C25H26N2OS/c1-29-24-26-22-20-13-7-6-12-19(20)16-25(14-8-3-9-15-25)21(22)23(28)27(24)17-18-10-4-2-5-11-18/h2,4-7,10-13H,3,8-9,14-17H2,1H3. The third kappa shape index (κ3) is 3.14. The zero-order chi connectivity index (χ0) is 19.8. The van der Waals surface area contributed by atoms with Crippen LogP contribution in [0.4, 0.5) is 0 Å². The molecule has 1 heterocycles. The fraction of sp³-hybridized carbons (Fsp3) is 0.360. The highest BCUT2D eigenvalue weighted by atomic mass is 32.2. The Kier molecular flexibility index (Phi) is 4.83. The SMILES string of the molecule is CSc1nc2c(c(=O)n1Cc1ccccc1)C1(CCCCC1)Cc1ccccc1-2. The third-order valence-corrected chi connectivity index (χ3v) is 7.32. The van der Waals surface area contributed by atoms with Gasteiger partial charge in [-0.15, -0.1) is 0 Å². The molecule has 0 unspecified atom stereocenters. The van der Waals surface area contributed by atoms with E-state index in [1.54, 1.807) is 11.8 Å². The molecular formula is C25H26N2OS. The lowest BCUT2D eigenvalue weighted by Gasteiger charge is -2.42. The Labute approximate surface area is 176 Å². The average molecular weight is 403 g/mol. The summed E-state index contributed by atoms with van der Waals surface area (Å²) < 4.78 is 1.91. The van der Waals surface area contributed by atoms with E-state index in [0.717, 1.165) is 46.8 Å². The van der Waals surface area contributed by atoms with E-state index >= 15 is 0 Å². The van der Waals surface area contributed by atoms with Crippen LogP contribution >= 0.6 is 11.8 Å². The second-order valence-electron chi connectivity index (χ2n) is 8.37. The minimum atomic E-state index is -0.0542. The fourth-order valence-corrected chi connectivity index (χ4v) is 5.83. The van der Waals surface area contributed by atoms with Crippen molar-refractivity contribution < 1.29 is 0 Å². The van der Waals surface area contributed by atoms with Crippen LogP contribution in [0.2, 0.25) is 0 Å². The maximum atomic E-state index is 14.0. The van der Waals surface area contributed by atoms with Gasteiger partial charge in [0.25, 0.3) is 5.56 Å². The summed E-state index contributed by atoms with van der Waals surface area (Å²) in [6.45, 7) is 0.577. The molecule has 0 aliphatic heterocycles. The highest BCUT2D eigenvalue weighted by Gasteiger charge is 2.43. The van der Waals surface area contributed by atoms with Gasteiger partial charge in [-0.1, -0.05) is 85.6 Å². The summed E-state index contributed by atoms with van der Waals surface area (Å²) in [7, 11) is 0. The average Bonchev–Trinajstić information content (AvgIpc) is 2.76. The van der Waals surface area contributed by atoms with Crippen LogP contribution in [0.5, 0.6) is 0 Å². The summed E-state index contributed by atoms with van der Waals surface area (Å²) in [6, 6.07) is 18.8. The van der Waals surface area contributed by atoms with Crippen LogP contribution in [0, 0.1) is 0 Å². The molecule has 0 N–H and O–H groups in total. The summed E-state index contributed by atoms with van der Waals surface area (Å²) in [5.74, 6) is 0. The Morgan fingerprint density at radius 2 is 1.72 bits per heavy atom. The van der Waals surface area contributed by atoms with Crippen LogP contribution in [-0.2, 0) is 18.4 Å². The van der Waals surface area contributed by atoms with E-state index in [4.69, 9.17) is 4.98 Å². The Hall–Kier alpha value is -2.33. The van der Waals surface area contributed by atoms with Gasteiger partial charge in [-0.3, -0.25) is 9.36 Å². The molecule has 1 aromatic heterocycles. The Morgan fingerprint density at radius 1 is 1.00 bits per heavy atom. The van der Waals surface area contributed by atoms with Crippen molar-refractivity contribution >= 4 is 11.8 Å². The molecule has 0 radical (unpaired) electrons. The largest absolute Gasteiger partial charge is 0.283 e. The Balaban J connectivity index is 1.76. The maximum absolute atomic E-state index is 14.0. The van der Waals surface area contributed by atoms with Crippen molar-refractivity contribution in [3.8, 4) is 11.3 Å². The molecule has 2 aromatic carbocycles. The van der Waals surface area contributed by atoms with Crippen molar-refractivity contribution in [2.45, 2.75) is 55.6 Å². The molecule has 5 rings (SSSR count). The van der Waals surface area contributed by atoms with E-state index in [2.05, 4.69) is 36.4 Å². The van der Waals surface area contributed by atoms with Crippen molar-refractivity contribution in [3.63, 3.8) is 0 Å². The van der Waals surface area contributed by atoms with Gasteiger partial charge in [0.05, 0.1) is 17.8 Å². The zero-order valence-electron chi connectivity index (χ0n) is 16.9. The molecule has 0 saturated heterocycles. The molecule has 1 fully saturated rings. The van der Waals surface area contributed by atoms with E-state index in [1.807, 2.05) is 29.0 Å². The number of rotatable bonds is 3. The smallest absolute Gasteiger partial charge is 0.258 e. The monoisotopic (exact) mass is 402 g/mol. The highest BCUT2D eigenvalue weighted by molar-refractivity contribution is 7.98. The maximum Gasteiger partial charge on any atom is 0.258 e. The van der Waals surface area contributed by atoms with Gasteiger partial charge in [0, 0.05) is 11.0 Å². The minimum Gasteiger partial charge on any atom is -0.283 e. The van der Waals surface area contributed by atoms with Crippen LogP contribution in [0.15, 0.2) is 64.5 Å². The number of benzene rings is 2. The van der Waals surface area contributed by atoms with Crippen LogP contribution in [0.1, 0.15) is 48.8 Å². The minimum absolute atomic E-state index is 0.0542. The molecule has 2 aliphatic rings. The van der Waals surface area contributed by atoms with Crippen LogP contribution in [0.25, 0.3) is 11.3 Å². The Bertz CT molecular complexity index is 1100. The van der Waals surface area contributed by atoms with Gasteiger partial charge in [0.2, 0.25) is 0 Å². The fourth-order valence-electron chi connectivity index (χ4n) is 5.28. The molecule has 1 saturated carbocycles. The quantitative estimate of drug-likeness (QED) is 0.432. The molecule has 4 heteroatoms. The van der Waals surface area contributed by atoms with Crippen molar-refractivity contribution in [2.24, 2.45) is 0 Å². The number of hydrogen-bond acceptors (Lipinski definition) is 3. The molecule has 2 aliphatic carbocycles. The molecule has 29 heavy (non-hydrogen) atoms. The summed E-state index contributed by atoms with van der Waals surface area (Å²) in [4.78, 5) is 19.1. The number of fused-ring (bicyclic) bond motifs is 4. The first-order valence-electron chi connectivity index (χ1n) is 10.5. The molecule has 3 aromatic rings. The van der Waals surface area contributed by atoms with Crippen molar-refractivity contribution in [1.29, 1.82) is 0 Å². The third-order valence-electron chi connectivity index (χ3n) is 6.64. The lowest BCUT2D eigenvalue weighted by Crippen LogP contribution is -2.43. The zero-order valence-corrected chi connectivity index (χ0v) is 17.7. The van der Waals surface area contributed by atoms with Gasteiger partial charge in [0.1, 0.15) is 0 Å². The van der Waals surface area contributed by atoms with Crippen LogP contribution in [-0.4, -0.2) is 15.8 Å². The van der Waals surface area contributed by atoms with E-state index in [1.165, 1.54) is 24.8 Å². The molecule has 1 spiro atoms. The summed E-state index contributed by atoms with van der Waals surface area (Å²) in [6.07, 6.45) is 8.84. The van der Waals surface area contributed by atoms with Gasteiger partial charge in [-0.05, 0) is 36.6 Å². The first-order chi connectivity index (χ1) is 14.2. The first-order valence-corrected chi connectivity index (χ1v) is 11.8. The number of aromatic nitrogens is 2. The van der Waals surface area contributed by atoms with Gasteiger partial charge in [-0.2, -0.15) is 0 Å². The Morgan fingerprint density at radius 3 is 2.48 bits per heavy atom. The van der Waals surface area contributed by atoms with Gasteiger partial charge in [0.15, 0.2) is 5.16 Å². The molecule has 0 amide bonds. The predicted octanol–water partition coefficient (Wildman–Crippen LogP) is 5.44. The highest BCUT2D eigenvalue weighted by Crippen LogP contribution is 2.48. The van der Waals surface area contributed by atoms with Crippen LogP contribution in [0.3, 0.4) is 0 Å². The lowest BCUT2D eigenvalue weighted by molar-refractivity contribution is 0.282. The molecule has 148 valence electrons. The summed E-state index contributed by atoms with van der Waals surface area (Å²) in [5.41, 5.74) is 5.67. The lowest BCUT2D eigenvalue weighted by atomic mass is 9.62. The van der Waals surface area contributed by atoms with Crippen molar-refractivity contribution in [3.05, 3.63) is 81.6 Å². The first kappa shape index (κ1) is 18.7. The summed E-state index contributed by atoms with van der Waals surface area (Å²) in [5, 5.41) is 0.806. The predicted molar refractivity (Wildman–Crippen MR) is 120 cm³/mol. The van der Waals surface area contributed by atoms with E-state index < -0.39 is 0 Å². The molecule has 0 bridgehead atoms. The number of hydrogen-bond donors (Lipinski definition) is 0. The topological polar surface area (TPSA) is 34.9 Å². The van der Waals surface area contributed by atoms with Gasteiger partial charge in [-0.25, -0.2) is 4.98 Å².